The minimum absolute atomic E-state index is 0.108. The molecule has 2 rings (SSSR count). The van der Waals surface area contributed by atoms with Crippen LogP contribution >= 0.6 is 23.2 Å². The Morgan fingerprint density at radius 2 is 1.96 bits per heavy atom. The van der Waals surface area contributed by atoms with E-state index in [4.69, 9.17) is 27.9 Å². The molecule has 7 heteroatoms. The van der Waals surface area contributed by atoms with Gasteiger partial charge in [0.1, 0.15) is 5.15 Å². The summed E-state index contributed by atoms with van der Waals surface area (Å²) in [4.78, 5) is 27.8. The molecule has 0 radical (unpaired) electrons. The number of carbonyl (C=O) groups excluding carboxylic acids is 2. The fourth-order valence-electron chi connectivity index (χ4n) is 2.14. The van der Waals surface area contributed by atoms with E-state index >= 15 is 0 Å². The third-order valence-electron chi connectivity index (χ3n) is 3.34. The van der Waals surface area contributed by atoms with Crippen LogP contribution in [0.25, 0.3) is 0 Å². The molecule has 1 aromatic carbocycles. The summed E-state index contributed by atoms with van der Waals surface area (Å²) in [6.07, 6.45) is 0.777. The number of aromatic nitrogens is 1. The van der Waals surface area contributed by atoms with E-state index < -0.39 is 18.5 Å². The van der Waals surface area contributed by atoms with Crippen LogP contribution in [0.1, 0.15) is 28.5 Å². The van der Waals surface area contributed by atoms with Crippen LogP contribution in [0.5, 0.6) is 0 Å². The zero-order chi connectivity index (χ0) is 17.7. The molecular formula is C17H16Cl2N2O3. The van der Waals surface area contributed by atoms with Crippen molar-refractivity contribution in [3.63, 3.8) is 0 Å². The molecule has 0 aliphatic carbocycles. The van der Waals surface area contributed by atoms with Gasteiger partial charge in [0.15, 0.2) is 12.3 Å². The summed E-state index contributed by atoms with van der Waals surface area (Å²) in [6.45, 7) is 3.45. The number of nitrogens with one attached hydrogen (secondary N) is 1. The maximum Gasteiger partial charge on any atom is 0.359 e. The van der Waals surface area contributed by atoms with Crippen LogP contribution in [-0.2, 0) is 16.0 Å². The third-order valence-corrected chi connectivity index (χ3v) is 3.86. The topological polar surface area (TPSA) is 68.3 Å². The largest absolute Gasteiger partial charge is 0.451 e. The number of para-hydroxylation sites is 1. The zero-order valence-corrected chi connectivity index (χ0v) is 14.7. The van der Waals surface area contributed by atoms with Crippen molar-refractivity contribution in [1.82, 2.24) is 4.98 Å². The number of pyridine rings is 1. The minimum Gasteiger partial charge on any atom is -0.451 e. The second kappa shape index (κ2) is 8.13. The standard InChI is InChI=1S/C17H16Cl2N2O3/c1-3-11-6-4-5-10(2)15(11)21-14(22)9-24-17(23)16-12(18)7-8-13(19)20-16/h4-8H,3,9H2,1-2H3,(H,21,22). The van der Waals surface area contributed by atoms with Gasteiger partial charge in [-0.15, -0.1) is 0 Å². The fraction of sp³-hybridized carbons (Fsp3) is 0.235. The van der Waals surface area contributed by atoms with E-state index in [-0.39, 0.29) is 15.9 Å². The molecule has 24 heavy (non-hydrogen) atoms. The van der Waals surface area contributed by atoms with Crippen molar-refractivity contribution >= 4 is 40.8 Å². The van der Waals surface area contributed by atoms with Gasteiger partial charge in [-0.1, -0.05) is 48.3 Å². The molecule has 0 bridgehead atoms. The van der Waals surface area contributed by atoms with Gasteiger partial charge >= 0.3 is 5.97 Å². The van der Waals surface area contributed by atoms with Crippen molar-refractivity contribution in [2.75, 3.05) is 11.9 Å². The molecule has 0 saturated carbocycles. The Morgan fingerprint density at radius 1 is 1.21 bits per heavy atom. The summed E-state index contributed by atoms with van der Waals surface area (Å²) in [5.41, 5.74) is 2.56. The smallest absolute Gasteiger partial charge is 0.359 e. The normalized spacial score (nSPS) is 10.3. The maximum atomic E-state index is 12.1. The lowest BCUT2D eigenvalue weighted by Crippen LogP contribution is -2.22. The van der Waals surface area contributed by atoms with Gasteiger partial charge in [0, 0.05) is 5.69 Å². The Kier molecular flexibility index (Phi) is 6.17. The van der Waals surface area contributed by atoms with Crippen molar-refractivity contribution in [3.8, 4) is 0 Å². The average Bonchev–Trinajstić information content (AvgIpc) is 2.56. The van der Waals surface area contributed by atoms with Gasteiger partial charge < -0.3 is 10.1 Å². The number of anilines is 1. The number of carbonyl (C=O) groups is 2. The molecular weight excluding hydrogens is 351 g/mol. The van der Waals surface area contributed by atoms with Crippen molar-refractivity contribution < 1.29 is 14.3 Å². The highest BCUT2D eigenvalue weighted by molar-refractivity contribution is 6.34. The van der Waals surface area contributed by atoms with Crippen LogP contribution in [0.4, 0.5) is 5.69 Å². The second-order valence-electron chi connectivity index (χ2n) is 5.05. The Hall–Kier alpha value is -2.11. The Morgan fingerprint density at radius 3 is 2.67 bits per heavy atom. The van der Waals surface area contributed by atoms with E-state index in [0.29, 0.717) is 0 Å². The quantitative estimate of drug-likeness (QED) is 0.639. The number of aryl methyl sites for hydroxylation is 2. The molecule has 0 fully saturated rings. The first kappa shape index (κ1) is 18.2. The van der Waals surface area contributed by atoms with Gasteiger partial charge in [-0.3, -0.25) is 4.79 Å². The lowest BCUT2D eigenvalue weighted by molar-refractivity contribution is -0.119. The number of benzene rings is 1. The summed E-state index contributed by atoms with van der Waals surface area (Å²) in [7, 11) is 0. The predicted octanol–water partition coefficient (Wildman–Crippen LogP) is 4.05. The van der Waals surface area contributed by atoms with Gasteiger partial charge in [0.05, 0.1) is 5.02 Å². The van der Waals surface area contributed by atoms with Crippen LogP contribution < -0.4 is 5.32 Å². The molecule has 0 spiro atoms. The molecule has 0 aliphatic heterocycles. The number of rotatable bonds is 5. The maximum absolute atomic E-state index is 12.1. The van der Waals surface area contributed by atoms with E-state index in [0.717, 1.165) is 23.2 Å². The van der Waals surface area contributed by atoms with E-state index in [1.165, 1.54) is 12.1 Å². The number of esters is 1. The van der Waals surface area contributed by atoms with E-state index in [1.807, 2.05) is 32.0 Å². The molecule has 1 heterocycles. The van der Waals surface area contributed by atoms with Crippen molar-refractivity contribution in [1.29, 1.82) is 0 Å². The SMILES string of the molecule is CCc1cccc(C)c1NC(=O)COC(=O)c1nc(Cl)ccc1Cl. The Bertz CT molecular complexity index is 778. The predicted molar refractivity (Wildman–Crippen MR) is 93.7 cm³/mol. The van der Waals surface area contributed by atoms with Crippen LogP contribution in [0, 0.1) is 6.92 Å². The summed E-state index contributed by atoms with van der Waals surface area (Å²) in [5.74, 6) is -1.25. The lowest BCUT2D eigenvalue weighted by Gasteiger charge is -2.13. The van der Waals surface area contributed by atoms with Gasteiger partial charge in [0.2, 0.25) is 0 Å². The van der Waals surface area contributed by atoms with Gasteiger partial charge in [-0.25, -0.2) is 9.78 Å². The number of amides is 1. The summed E-state index contributed by atoms with van der Waals surface area (Å²) < 4.78 is 4.95. The lowest BCUT2D eigenvalue weighted by atomic mass is 10.1. The molecule has 2 aromatic rings. The van der Waals surface area contributed by atoms with Crippen molar-refractivity contribution in [2.45, 2.75) is 20.3 Å². The number of ether oxygens (including phenoxy) is 1. The van der Waals surface area contributed by atoms with Crippen LogP contribution in [0.2, 0.25) is 10.2 Å². The molecule has 1 amide bonds. The zero-order valence-electron chi connectivity index (χ0n) is 13.2. The molecule has 1 aromatic heterocycles. The fourth-order valence-corrected chi connectivity index (χ4v) is 2.47. The highest BCUT2D eigenvalue weighted by atomic mass is 35.5. The monoisotopic (exact) mass is 366 g/mol. The third kappa shape index (κ3) is 4.46. The molecule has 0 aliphatic rings. The number of hydrogen-bond acceptors (Lipinski definition) is 4. The van der Waals surface area contributed by atoms with Crippen molar-refractivity contribution in [3.05, 3.63) is 57.3 Å². The van der Waals surface area contributed by atoms with E-state index in [9.17, 15) is 9.59 Å². The van der Waals surface area contributed by atoms with Crippen molar-refractivity contribution in [2.24, 2.45) is 0 Å². The van der Waals surface area contributed by atoms with Crippen LogP contribution in [0.15, 0.2) is 30.3 Å². The first-order valence-electron chi connectivity index (χ1n) is 7.30. The van der Waals surface area contributed by atoms with E-state index in [2.05, 4.69) is 10.3 Å². The second-order valence-corrected chi connectivity index (χ2v) is 5.85. The van der Waals surface area contributed by atoms with Crippen LogP contribution in [0.3, 0.4) is 0 Å². The van der Waals surface area contributed by atoms with Crippen LogP contribution in [-0.4, -0.2) is 23.5 Å². The van der Waals surface area contributed by atoms with Gasteiger partial charge in [0.25, 0.3) is 5.91 Å². The van der Waals surface area contributed by atoms with E-state index in [1.54, 1.807) is 0 Å². The van der Waals surface area contributed by atoms with Gasteiger partial charge in [-0.2, -0.15) is 0 Å². The first-order chi connectivity index (χ1) is 11.4. The number of nitrogens with zero attached hydrogens (tertiary/aromatic N) is 1. The highest BCUT2D eigenvalue weighted by Crippen LogP contribution is 2.21. The Balaban J connectivity index is 2.01. The number of halogens is 2. The average molecular weight is 367 g/mol. The van der Waals surface area contributed by atoms with Gasteiger partial charge in [-0.05, 0) is 36.6 Å². The molecule has 5 nitrogen and oxygen atoms in total. The molecule has 1 N–H and O–H groups in total. The molecule has 0 atom stereocenters. The molecule has 0 saturated heterocycles. The minimum atomic E-state index is -0.807. The molecule has 126 valence electrons. The summed E-state index contributed by atoms with van der Waals surface area (Å²) in [6, 6.07) is 8.66. The summed E-state index contributed by atoms with van der Waals surface area (Å²) in [5, 5.41) is 2.99. The first-order valence-corrected chi connectivity index (χ1v) is 8.05. The Labute approximate surface area is 149 Å². The molecule has 0 unspecified atom stereocenters. The number of hydrogen-bond donors (Lipinski definition) is 1. The summed E-state index contributed by atoms with van der Waals surface area (Å²) >= 11 is 11.6. The highest BCUT2D eigenvalue weighted by Gasteiger charge is 2.17.